The molecule has 0 aliphatic rings. The maximum Gasteiger partial charge on any atom is 0.217 e. The van der Waals surface area contributed by atoms with E-state index in [1.807, 2.05) is 0 Å². The fourth-order valence-corrected chi connectivity index (χ4v) is 3.87. The van der Waals surface area contributed by atoms with Gasteiger partial charge in [0.2, 0.25) is 5.91 Å². The van der Waals surface area contributed by atoms with Gasteiger partial charge in [-0.2, -0.15) is 0 Å². The van der Waals surface area contributed by atoms with Crippen LogP contribution in [-0.4, -0.2) is 26.4 Å². The Bertz CT molecular complexity index is 593. The van der Waals surface area contributed by atoms with Crippen LogP contribution in [0.25, 0.3) is 0 Å². The molecule has 0 atom stereocenters. The van der Waals surface area contributed by atoms with Crippen molar-refractivity contribution < 1.29 is 4.79 Å². The first-order chi connectivity index (χ1) is 10.6. The van der Waals surface area contributed by atoms with Gasteiger partial charge in [0.1, 0.15) is 5.82 Å². The van der Waals surface area contributed by atoms with Gasteiger partial charge in [0.05, 0.1) is 0 Å². The molecule has 0 aromatic carbocycles. The molecule has 2 rings (SSSR count). The molecular formula is C15H22N4OS2. The molecule has 5 nitrogen and oxygen atoms in total. The molecule has 22 heavy (non-hydrogen) atoms. The highest BCUT2D eigenvalue weighted by molar-refractivity contribution is 7.99. The van der Waals surface area contributed by atoms with Crippen LogP contribution >= 0.6 is 23.1 Å². The predicted octanol–water partition coefficient (Wildman–Crippen LogP) is 2.75. The Morgan fingerprint density at radius 1 is 1.41 bits per heavy atom. The van der Waals surface area contributed by atoms with Gasteiger partial charge in [0, 0.05) is 30.0 Å². The van der Waals surface area contributed by atoms with Crippen molar-refractivity contribution in [3.8, 4) is 0 Å². The number of aryl methyl sites for hydroxylation is 2. The number of thiophene rings is 1. The summed E-state index contributed by atoms with van der Waals surface area (Å²) in [5.41, 5.74) is 5.23. The Labute approximate surface area is 139 Å². The van der Waals surface area contributed by atoms with Gasteiger partial charge in [0.15, 0.2) is 5.16 Å². The molecule has 0 fully saturated rings. The van der Waals surface area contributed by atoms with Gasteiger partial charge < -0.3 is 10.3 Å². The molecule has 1 amide bonds. The molecule has 0 spiro atoms. The van der Waals surface area contributed by atoms with E-state index in [-0.39, 0.29) is 5.91 Å². The fraction of sp³-hybridized carbons (Fsp3) is 0.533. The minimum atomic E-state index is -0.300. The number of carbonyl (C=O) groups is 1. The van der Waals surface area contributed by atoms with Gasteiger partial charge in [0.25, 0.3) is 0 Å². The molecule has 0 saturated heterocycles. The Balaban J connectivity index is 2.00. The third-order valence-electron chi connectivity index (χ3n) is 3.10. The number of carbonyl (C=O) groups excluding carboxylic acids is 1. The summed E-state index contributed by atoms with van der Waals surface area (Å²) < 4.78 is 2.13. The van der Waals surface area contributed by atoms with Crippen LogP contribution in [0.3, 0.4) is 0 Å². The Morgan fingerprint density at radius 3 is 2.86 bits per heavy atom. The number of hydrogen-bond donors (Lipinski definition) is 1. The Morgan fingerprint density at radius 2 is 2.23 bits per heavy atom. The molecule has 2 heterocycles. The summed E-state index contributed by atoms with van der Waals surface area (Å²) in [6.45, 7) is 5.19. The zero-order chi connectivity index (χ0) is 15.9. The van der Waals surface area contributed by atoms with Crippen molar-refractivity contribution in [1.29, 1.82) is 0 Å². The van der Waals surface area contributed by atoms with Crippen molar-refractivity contribution in [3.63, 3.8) is 0 Å². The van der Waals surface area contributed by atoms with Crippen molar-refractivity contribution in [3.05, 3.63) is 28.2 Å². The zero-order valence-corrected chi connectivity index (χ0v) is 14.6. The van der Waals surface area contributed by atoms with Crippen LogP contribution in [0.1, 0.15) is 31.0 Å². The van der Waals surface area contributed by atoms with E-state index in [4.69, 9.17) is 5.73 Å². The lowest BCUT2D eigenvalue weighted by atomic mass is 10.2. The molecule has 0 saturated carbocycles. The maximum atomic E-state index is 11.0. The normalized spacial score (nSPS) is 11.2. The fourth-order valence-electron chi connectivity index (χ4n) is 2.09. The summed E-state index contributed by atoms with van der Waals surface area (Å²) in [6, 6.07) is 4.23. The monoisotopic (exact) mass is 338 g/mol. The number of rotatable bonds is 9. The van der Waals surface area contributed by atoms with E-state index in [0.29, 0.717) is 18.8 Å². The number of aromatic nitrogens is 3. The lowest BCUT2D eigenvalue weighted by Crippen LogP contribution is -2.15. The highest BCUT2D eigenvalue weighted by atomic mass is 32.2. The molecule has 0 unspecified atom stereocenters. The summed E-state index contributed by atoms with van der Waals surface area (Å²) in [6.07, 6.45) is 1.91. The van der Waals surface area contributed by atoms with Crippen LogP contribution in [0.2, 0.25) is 0 Å². The van der Waals surface area contributed by atoms with E-state index in [0.717, 1.165) is 29.7 Å². The molecule has 0 aliphatic heterocycles. The van der Waals surface area contributed by atoms with Crippen molar-refractivity contribution in [2.24, 2.45) is 11.7 Å². The predicted molar refractivity (Wildman–Crippen MR) is 91.1 cm³/mol. The van der Waals surface area contributed by atoms with E-state index in [2.05, 4.69) is 46.1 Å². The number of thioether (sulfide) groups is 1. The SMILES string of the molecule is CC(C)Cn1c(CCC(N)=O)nnc1SCCc1cccs1. The van der Waals surface area contributed by atoms with Gasteiger partial charge >= 0.3 is 0 Å². The second kappa shape index (κ2) is 8.33. The van der Waals surface area contributed by atoms with Crippen LogP contribution < -0.4 is 5.73 Å². The van der Waals surface area contributed by atoms with E-state index in [1.54, 1.807) is 23.1 Å². The number of nitrogens with zero attached hydrogens (tertiary/aromatic N) is 3. The molecule has 0 radical (unpaired) electrons. The second-order valence-electron chi connectivity index (χ2n) is 5.55. The molecule has 120 valence electrons. The van der Waals surface area contributed by atoms with E-state index in [9.17, 15) is 4.79 Å². The van der Waals surface area contributed by atoms with Gasteiger partial charge in [-0.25, -0.2) is 0 Å². The molecule has 0 aliphatic carbocycles. The third kappa shape index (κ3) is 5.14. The van der Waals surface area contributed by atoms with Crippen LogP contribution in [0.15, 0.2) is 22.7 Å². The van der Waals surface area contributed by atoms with E-state index >= 15 is 0 Å². The largest absolute Gasteiger partial charge is 0.370 e. The standard InChI is InChI=1S/C15H22N4OS2/c1-11(2)10-19-14(6-5-13(16)20)17-18-15(19)22-9-7-12-4-3-8-21-12/h3-4,8,11H,5-7,9-10H2,1-2H3,(H2,16,20). The van der Waals surface area contributed by atoms with Gasteiger partial charge in [-0.3, -0.25) is 4.79 Å². The highest BCUT2D eigenvalue weighted by Gasteiger charge is 2.14. The minimum absolute atomic E-state index is 0.300. The first kappa shape index (κ1) is 17.0. The van der Waals surface area contributed by atoms with Crippen molar-refractivity contribution >= 4 is 29.0 Å². The number of primary amides is 1. The summed E-state index contributed by atoms with van der Waals surface area (Å²) >= 11 is 3.50. The van der Waals surface area contributed by atoms with E-state index in [1.165, 1.54) is 4.88 Å². The zero-order valence-electron chi connectivity index (χ0n) is 13.0. The first-order valence-electron chi connectivity index (χ1n) is 7.42. The molecule has 2 aromatic rings. The van der Waals surface area contributed by atoms with Crippen LogP contribution in [0.5, 0.6) is 0 Å². The summed E-state index contributed by atoms with van der Waals surface area (Å²) in [4.78, 5) is 12.4. The van der Waals surface area contributed by atoms with Crippen molar-refractivity contribution in [1.82, 2.24) is 14.8 Å². The van der Waals surface area contributed by atoms with Gasteiger partial charge in [-0.1, -0.05) is 31.7 Å². The van der Waals surface area contributed by atoms with Crippen LogP contribution in [0, 0.1) is 5.92 Å². The summed E-state index contributed by atoms with van der Waals surface area (Å²) in [7, 11) is 0. The van der Waals surface area contributed by atoms with Crippen molar-refractivity contribution in [2.45, 2.75) is 44.8 Å². The smallest absolute Gasteiger partial charge is 0.217 e. The van der Waals surface area contributed by atoms with Crippen LogP contribution in [0.4, 0.5) is 0 Å². The molecule has 0 bridgehead atoms. The minimum Gasteiger partial charge on any atom is -0.370 e. The number of nitrogens with two attached hydrogens (primary N) is 1. The van der Waals surface area contributed by atoms with Crippen LogP contribution in [-0.2, 0) is 24.2 Å². The number of hydrogen-bond acceptors (Lipinski definition) is 5. The van der Waals surface area contributed by atoms with Crippen molar-refractivity contribution in [2.75, 3.05) is 5.75 Å². The molecule has 2 N–H and O–H groups in total. The topological polar surface area (TPSA) is 73.8 Å². The quantitative estimate of drug-likeness (QED) is 0.714. The Hall–Kier alpha value is -1.34. The van der Waals surface area contributed by atoms with E-state index < -0.39 is 0 Å². The average molecular weight is 339 g/mol. The second-order valence-corrected chi connectivity index (χ2v) is 7.64. The molecule has 2 aromatic heterocycles. The first-order valence-corrected chi connectivity index (χ1v) is 9.28. The van der Waals surface area contributed by atoms with Gasteiger partial charge in [-0.15, -0.1) is 21.5 Å². The maximum absolute atomic E-state index is 11.0. The average Bonchev–Trinajstić information content (AvgIpc) is 3.07. The molecule has 7 heteroatoms. The lowest BCUT2D eigenvalue weighted by molar-refractivity contribution is -0.118. The molecular weight excluding hydrogens is 316 g/mol. The summed E-state index contributed by atoms with van der Waals surface area (Å²) in [5.74, 6) is 2.03. The Kier molecular flexibility index (Phi) is 6.45. The highest BCUT2D eigenvalue weighted by Crippen LogP contribution is 2.21. The number of amides is 1. The third-order valence-corrected chi connectivity index (χ3v) is 5.00. The summed E-state index contributed by atoms with van der Waals surface area (Å²) in [5, 5.41) is 11.6. The van der Waals surface area contributed by atoms with Gasteiger partial charge in [-0.05, 0) is 23.8 Å². The lowest BCUT2D eigenvalue weighted by Gasteiger charge is -2.12.